The average molecular weight is 314 g/mol. The van der Waals surface area contributed by atoms with Crippen LogP contribution >= 0.6 is 11.3 Å². The van der Waals surface area contributed by atoms with Gasteiger partial charge in [0.1, 0.15) is 5.75 Å². The Morgan fingerprint density at radius 1 is 1.18 bits per heavy atom. The number of carboxylic acids is 1. The van der Waals surface area contributed by atoms with Crippen LogP contribution in [0.4, 0.5) is 0 Å². The summed E-state index contributed by atoms with van der Waals surface area (Å²) in [5, 5.41) is 11.5. The Labute approximate surface area is 133 Å². The molecule has 0 amide bonds. The highest BCUT2D eigenvalue weighted by Gasteiger charge is 2.16. The molecule has 0 aliphatic heterocycles. The number of benzene rings is 2. The van der Waals surface area contributed by atoms with Crippen LogP contribution in [0.1, 0.15) is 25.3 Å². The first kappa shape index (κ1) is 14.9. The van der Waals surface area contributed by atoms with Crippen LogP contribution < -0.4 is 4.74 Å². The van der Waals surface area contributed by atoms with Gasteiger partial charge in [0.2, 0.25) is 0 Å². The van der Waals surface area contributed by atoms with Gasteiger partial charge in [-0.15, -0.1) is 11.3 Å². The normalized spacial score (nSPS) is 11.1. The zero-order chi connectivity index (χ0) is 15.5. The van der Waals surface area contributed by atoms with Crippen LogP contribution in [0.2, 0.25) is 0 Å². The molecule has 0 radical (unpaired) electrons. The van der Waals surface area contributed by atoms with Crippen molar-refractivity contribution < 1.29 is 14.6 Å². The fraction of sp³-hybridized carbons (Fsp3) is 0.278. The molecule has 3 nitrogen and oxygen atoms in total. The number of hydrogen-bond acceptors (Lipinski definition) is 3. The van der Waals surface area contributed by atoms with Gasteiger partial charge in [0.05, 0.1) is 13.0 Å². The molecule has 0 saturated heterocycles. The monoisotopic (exact) mass is 314 g/mol. The zero-order valence-corrected chi connectivity index (χ0v) is 13.3. The van der Waals surface area contributed by atoms with E-state index in [1.807, 2.05) is 24.3 Å². The van der Waals surface area contributed by atoms with Gasteiger partial charge in [0.15, 0.2) is 0 Å². The fourth-order valence-electron chi connectivity index (χ4n) is 2.61. The number of fused-ring (bicyclic) bond motifs is 3. The van der Waals surface area contributed by atoms with Crippen molar-refractivity contribution in [2.45, 2.75) is 26.2 Å². The number of hydrogen-bond donors (Lipinski definition) is 1. The lowest BCUT2D eigenvalue weighted by Crippen LogP contribution is -2.05. The maximum absolute atomic E-state index is 11.3. The summed E-state index contributed by atoms with van der Waals surface area (Å²) in [5.74, 6) is -0.125. The molecule has 0 bridgehead atoms. The number of carbonyl (C=O) groups is 1. The van der Waals surface area contributed by atoms with E-state index in [0.717, 1.165) is 28.5 Å². The van der Waals surface area contributed by atoms with Crippen molar-refractivity contribution in [3.05, 3.63) is 42.0 Å². The minimum Gasteiger partial charge on any atom is -0.493 e. The molecule has 0 aliphatic rings. The zero-order valence-electron chi connectivity index (χ0n) is 12.5. The first-order valence-electron chi connectivity index (χ1n) is 7.48. The molecule has 0 saturated carbocycles. The number of carboxylic acid groups (broad SMARTS) is 1. The Kier molecular flexibility index (Phi) is 4.29. The predicted molar refractivity (Wildman–Crippen MR) is 91.1 cm³/mol. The molecule has 0 atom stereocenters. The number of ether oxygens (including phenoxy) is 1. The van der Waals surface area contributed by atoms with Crippen molar-refractivity contribution >= 4 is 37.5 Å². The van der Waals surface area contributed by atoms with Gasteiger partial charge in [-0.05, 0) is 24.6 Å². The van der Waals surface area contributed by atoms with Gasteiger partial charge in [-0.3, -0.25) is 4.79 Å². The van der Waals surface area contributed by atoms with Gasteiger partial charge < -0.3 is 9.84 Å². The molecule has 3 rings (SSSR count). The molecule has 1 N–H and O–H groups in total. The maximum atomic E-state index is 11.3. The summed E-state index contributed by atoms with van der Waals surface area (Å²) in [7, 11) is 0. The summed E-state index contributed by atoms with van der Waals surface area (Å²) in [6, 6.07) is 12.1. The second kappa shape index (κ2) is 6.36. The van der Waals surface area contributed by atoms with Gasteiger partial charge in [0, 0.05) is 25.7 Å². The highest BCUT2D eigenvalue weighted by Crippen LogP contribution is 2.39. The predicted octanol–water partition coefficient (Wildman–Crippen LogP) is 4.86. The highest BCUT2D eigenvalue weighted by atomic mass is 32.1. The molecule has 0 unspecified atom stereocenters. The van der Waals surface area contributed by atoms with Crippen molar-refractivity contribution in [1.29, 1.82) is 0 Å². The highest BCUT2D eigenvalue weighted by molar-refractivity contribution is 7.26. The van der Waals surface area contributed by atoms with Crippen molar-refractivity contribution in [2.75, 3.05) is 6.61 Å². The molecule has 0 spiro atoms. The first-order valence-corrected chi connectivity index (χ1v) is 8.30. The van der Waals surface area contributed by atoms with Crippen LogP contribution in [0.5, 0.6) is 5.75 Å². The number of thiophene rings is 1. The van der Waals surface area contributed by atoms with Crippen molar-refractivity contribution in [1.82, 2.24) is 0 Å². The average Bonchev–Trinajstić information content (AvgIpc) is 2.88. The van der Waals surface area contributed by atoms with Crippen LogP contribution in [0.25, 0.3) is 20.2 Å². The second-order valence-electron chi connectivity index (χ2n) is 5.29. The lowest BCUT2D eigenvalue weighted by Gasteiger charge is -2.11. The molecule has 1 aromatic heterocycles. The molecule has 4 heteroatoms. The van der Waals surface area contributed by atoms with Crippen molar-refractivity contribution in [2.24, 2.45) is 0 Å². The van der Waals surface area contributed by atoms with E-state index in [1.54, 1.807) is 11.3 Å². The van der Waals surface area contributed by atoms with Crippen LogP contribution in [0.3, 0.4) is 0 Å². The van der Waals surface area contributed by atoms with E-state index in [-0.39, 0.29) is 6.42 Å². The third kappa shape index (κ3) is 2.79. The molecule has 3 aromatic rings. The lowest BCUT2D eigenvalue weighted by atomic mass is 10.1. The van der Waals surface area contributed by atoms with Crippen LogP contribution in [0, 0.1) is 0 Å². The van der Waals surface area contributed by atoms with Gasteiger partial charge in [0.25, 0.3) is 0 Å². The van der Waals surface area contributed by atoms with E-state index in [2.05, 4.69) is 19.1 Å². The van der Waals surface area contributed by atoms with Crippen LogP contribution in [-0.4, -0.2) is 17.7 Å². The summed E-state index contributed by atoms with van der Waals surface area (Å²) in [5.41, 5.74) is 0.794. The SMILES string of the molecule is CCCCOc1ccc2c(sc3ccccc32)c1CC(=O)O. The summed E-state index contributed by atoms with van der Waals surface area (Å²) in [6.07, 6.45) is 2.02. The summed E-state index contributed by atoms with van der Waals surface area (Å²) in [6.45, 7) is 2.73. The van der Waals surface area contributed by atoms with Gasteiger partial charge in [-0.1, -0.05) is 31.5 Å². The Morgan fingerprint density at radius 2 is 2.00 bits per heavy atom. The minimum atomic E-state index is -0.828. The molecule has 0 fully saturated rings. The third-order valence-corrected chi connectivity index (χ3v) is 4.94. The maximum Gasteiger partial charge on any atom is 0.308 e. The van der Waals surface area contributed by atoms with Crippen molar-refractivity contribution in [3.63, 3.8) is 0 Å². The lowest BCUT2D eigenvalue weighted by molar-refractivity contribution is -0.136. The molecule has 1 heterocycles. The molecule has 2 aromatic carbocycles. The smallest absolute Gasteiger partial charge is 0.308 e. The molecule has 114 valence electrons. The Hall–Kier alpha value is -2.07. The topological polar surface area (TPSA) is 46.5 Å². The van der Waals surface area contributed by atoms with Gasteiger partial charge >= 0.3 is 5.97 Å². The van der Waals surface area contributed by atoms with E-state index in [1.165, 1.54) is 10.1 Å². The number of aliphatic carboxylic acids is 1. The van der Waals surface area contributed by atoms with Crippen LogP contribution in [-0.2, 0) is 11.2 Å². The fourth-order valence-corrected chi connectivity index (χ4v) is 3.85. The first-order chi connectivity index (χ1) is 10.7. The standard InChI is InChI=1S/C18H18O3S/c1-2-3-10-21-15-9-8-13-12-6-4-5-7-16(12)22-18(13)14(15)11-17(19)20/h4-9H,2-3,10-11H2,1H3,(H,19,20). The Bertz CT molecular complexity index is 820. The summed E-state index contributed by atoms with van der Waals surface area (Å²) in [4.78, 5) is 11.3. The molecule has 22 heavy (non-hydrogen) atoms. The minimum absolute atomic E-state index is 0.00831. The van der Waals surface area contributed by atoms with Crippen molar-refractivity contribution in [3.8, 4) is 5.75 Å². The summed E-state index contributed by atoms with van der Waals surface area (Å²) >= 11 is 1.64. The quantitative estimate of drug-likeness (QED) is 0.661. The van der Waals surface area contributed by atoms with E-state index < -0.39 is 5.97 Å². The van der Waals surface area contributed by atoms with Crippen LogP contribution in [0.15, 0.2) is 36.4 Å². The molecule has 0 aliphatic carbocycles. The van der Waals surface area contributed by atoms with E-state index in [0.29, 0.717) is 12.4 Å². The number of unbranched alkanes of at least 4 members (excludes halogenated alkanes) is 1. The van der Waals surface area contributed by atoms with E-state index in [4.69, 9.17) is 4.74 Å². The third-order valence-electron chi connectivity index (χ3n) is 3.69. The number of rotatable bonds is 6. The largest absolute Gasteiger partial charge is 0.493 e. The van der Waals surface area contributed by atoms with Gasteiger partial charge in [-0.2, -0.15) is 0 Å². The Morgan fingerprint density at radius 3 is 2.77 bits per heavy atom. The second-order valence-corrected chi connectivity index (χ2v) is 6.34. The van der Waals surface area contributed by atoms with E-state index in [9.17, 15) is 9.90 Å². The Balaban J connectivity index is 2.14. The van der Waals surface area contributed by atoms with Gasteiger partial charge in [-0.25, -0.2) is 0 Å². The van der Waals surface area contributed by atoms with E-state index >= 15 is 0 Å². The molecular formula is C18H18O3S. The molecular weight excluding hydrogens is 296 g/mol. The summed E-state index contributed by atoms with van der Waals surface area (Å²) < 4.78 is 8.03.